The van der Waals surface area contributed by atoms with Crippen LogP contribution in [0.2, 0.25) is 0 Å². The highest BCUT2D eigenvalue weighted by Crippen LogP contribution is 2.46. The molecule has 184 valence electrons. The molecule has 0 amide bonds. The highest BCUT2D eigenvalue weighted by Gasteiger charge is 2.22. The molecule has 0 aliphatic heterocycles. The van der Waals surface area contributed by atoms with Crippen molar-refractivity contribution in [3.63, 3.8) is 0 Å². The van der Waals surface area contributed by atoms with Gasteiger partial charge >= 0.3 is 0 Å². The molecule has 3 aromatic heterocycles. The summed E-state index contributed by atoms with van der Waals surface area (Å²) in [6.45, 7) is 0. The van der Waals surface area contributed by atoms with Gasteiger partial charge in [-0.1, -0.05) is 97.1 Å². The van der Waals surface area contributed by atoms with Crippen LogP contribution >= 0.6 is 27.3 Å². The predicted molar refractivity (Wildman–Crippen MR) is 168 cm³/mol. The number of nitrogens with zero attached hydrogens (tertiary/aromatic N) is 3. The summed E-state index contributed by atoms with van der Waals surface area (Å²) in [6, 6.07) is 42.3. The third kappa shape index (κ3) is 3.54. The van der Waals surface area contributed by atoms with E-state index in [1.54, 1.807) is 0 Å². The third-order valence-corrected chi connectivity index (χ3v) is 9.38. The van der Waals surface area contributed by atoms with Crippen molar-refractivity contribution in [2.24, 2.45) is 0 Å². The number of halogens is 1. The predicted octanol–water partition coefficient (Wildman–Crippen LogP) is 10.0. The minimum absolute atomic E-state index is 0.667. The largest absolute Gasteiger partial charge is 0.277 e. The first-order valence-corrected chi connectivity index (χ1v) is 14.4. The first-order valence-electron chi connectivity index (χ1n) is 12.8. The Hall–Kier alpha value is -4.32. The van der Waals surface area contributed by atoms with Gasteiger partial charge in [-0.3, -0.25) is 4.57 Å². The van der Waals surface area contributed by atoms with Crippen LogP contribution in [0.15, 0.2) is 126 Å². The van der Waals surface area contributed by atoms with Crippen LogP contribution in [0.4, 0.5) is 0 Å². The van der Waals surface area contributed by atoms with Crippen molar-refractivity contribution >= 4 is 69.2 Å². The zero-order valence-electron chi connectivity index (χ0n) is 20.7. The van der Waals surface area contributed by atoms with Crippen molar-refractivity contribution in [1.82, 2.24) is 14.5 Å². The van der Waals surface area contributed by atoms with E-state index in [1.807, 2.05) is 23.5 Å². The molecule has 39 heavy (non-hydrogen) atoms. The summed E-state index contributed by atoms with van der Waals surface area (Å²) in [4.78, 5) is 10.4. The quantitative estimate of drug-likeness (QED) is 0.208. The topological polar surface area (TPSA) is 30.7 Å². The Balaban J connectivity index is 1.56. The molecular formula is C34H20BrN3S. The van der Waals surface area contributed by atoms with E-state index in [-0.39, 0.29) is 0 Å². The molecule has 0 aliphatic carbocycles. The maximum absolute atomic E-state index is 5.21. The average molecular weight is 583 g/mol. The summed E-state index contributed by atoms with van der Waals surface area (Å²) in [6.07, 6.45) is 0. The second-order valence-electron chi connectivity index (χ2n) is 9.58. The number of fused-ring (bicyclic) bond motifs is 7. The van der Waals surface area contributed by atoms with Gasteiger partial charge in [0.05, 0.1) is 27.1 Å². The maximum atomic E-state index is 5.21. The van der Waals surface area contributed by atoms with Crippen LogP contribution in [0.5, 0.6) is 0 Å². The molecule has 0 radical (unpaired) electrons. The van der Waals surface area contributed by atoms with Gasteiger partial charge in [-0.25, -0.2) is 9.97 Å². The Morgan fingerprint density at radius 3 is 1.87 bits per heavy atom. The summed E-state index contributed by atoms with van der Waals surface area (Å²) in [5.74, 6) is 0.667. The molecule has 5 heteroatoms. The summed E-state index contributed by atoms with van der Waals surface area (Å²) in [5, 5.41) is 4.84. The molecule has 0 spiro atoms. The van der Waals surface area contributed by atoms with Gasteiger partial charge in [-0.2, -0.15) is 0 Å². The molecule has 0 atom stereocenters. The zero-order chi connectivity index (χ0) is 25.9. The zero-order valence-corrected chi connectivity index (χ0v) is 23.1. The highest BCUT2D eigenvalue weighted by atomic mass is 79.9. The van der Waals surface area contributed by atoms with Crippen LogP contribution in [-0.4, -0.2) is 14.5 Å². The van der Waals surface area contributed by atoms with Crippen LogP contribution < -0.4 is 0 Å². The van der Waals surface area contributed by atoms with Crippen molar-refractivity contribution < 1.29 is 0 Å². The first kappa shape index (κ1) is 22.6. The molecule has 3 heterocycles. The fraction of sp³-hybridized carbons (Fsp3) is 0. The maximum Gasteiger partial charge on any atom is 0.235 e. The van der Waals surface area contributed by atoms with Crippen molar-refractivity contribution in [1.29, 1.82) is 0 Å². The van der Waals surface area contributed by atoms with Gasteiger partial charge in [0.25, 0.3) is 0 Å². The SMILES string of the molecule is Brc1cc2c3ccccc3n(-c3nc(-c4ccccc4)cc(-c4ccccc4)n3)c2c2c1sc1ccccc12. The number of thiophene rings is 1. The Labute approximate surface area is 237 Å². The minimum Gasteiger partial charge on any atom is -0.277 e. The lowest BCUT2D eigenvalue weighted by molar-refractivity contribution is 0.998. The molecule has 3 nitrogen and oxygen atoms in total. The number of para-hydroxylation sites is 1. The van der Waals surface area contributed by atoms with Crippen LogP contribution in [0.3, 0.4) is 0 Å². The molecule has 0 saturated heterocycles. The number of rotatable bonds is 3. The summed E-state index contributed by atoms with van der Waals surface area (Å²) in [5.41, 5.74) is 6.14. The van der Waals surface area contributed by atoms with E-state index in [0.717, 1.165) is 38.0 Å². The second kappa shape index (κ2) is 8.87. The summed E-state index contributed by atoms with van der Waals surface area (Å²) >= 11 is 5.72. The molecular weight excluding hydrogens is 562 g/mol. The second-order valence-corrected chi connectivity index (χ2v) is 11.5. The van der Waals surface area contributed by atoms with Crippen molar-refractivity contribution in [2.75, 3.05) is 0 Å². The fourth-order valence-electron chi connectivity index (χ4n) is 5.55. The monoisotopic (exact) mass is 581 g/mol. The van der Waals surface area contributed by atoms with Crippen LogP contribution in [-0.2, 0) is 0 Å². The van der Waals surface area contributed by atoms with Crippen LogP contribution in [0.25, 0.3) is 70.4 Å². The number of hydrogen-bond donors (Lipinski definition) is 0. The minimum atomic E-state index is 0.667. The van der Waals surface area contributed by atoms with Gasteiger partial charge in [0.2, 0.25) is 5.95 Å². The molecule has 8 rings (SSSR count). The summed E-state index contributed by atoms with van der Waals surface area (Å²) < 4.78 is 5.87. The fourth-order valence-corrected chi connectivity index (χ4v) is 7.34. The van der Waals surface area contributed by atoms with Gasteiger partial charge in [0.1, 0.15) is 0 Å². The molecule has 0 saturated carbocycles. The molecule has 8 aromatic rings. The van der Waals surface area contributed by atoms with E-state index >= 15 is 0 Å². The van der Waals surface area contributed by atoms with Gasteiger partial charge < -0.3 is 0 Å². The Morgan fingerprint density at radius 1 is 0.590 bits per heavy atom. The summed E-state index contributed by atoms with van der Waals surface area (Å²) in [7, 11) is 0. The molecule has 5 aromatic carbocycles. The van der Waals surface area contributed by atoms with Crippen LogP contribution in [0.1, 0.15) is 0 Å². The lowest BCUT2D eigenvalue weighted by Gasteiger charge is -2.12. The van der Waals surface area contributed by atoms with Crippen LogP contribution in [0, 0.1) is 0 Å². The van der Waals surface area contributed by atoms with Gasteiger partial charge in [0.15, 0.2) is 0 Å². The van der Waals surface area contributed by atoms with E-state index in [0.29, 0.717) is 5.95 Å². The standard InChI is InChI=1S/C34H20BrN3S/c35-26-19-25-23-15-7-9-17-29(23)38(32(25)31-24-16-8-10-18-30(24)39-33(26)31)34-36-27(21-11-3-1-4-12-21)20-28(37-34)22-13-5-2-6-14-22/h1-20H. The average Bonchev–Trinajstić information content (AvgIpc) is 3.54. The van der Waals surface area contributed by atoms with E-state index in [1.165, 1.54) is 30.9 Å². The van der Waals surface area contributed by atoms with E-state index < -0.39 is 0 Å². The number of benzene rings is 5. The van der Waals surface area contributed by atoms with Gasteiger partial charge in [-0.05, 0) is 40.2 Å². The van der Waals surface area contributed by atoms with Crippen molar-refractivity contribution in [3.8, 4) is 28.5 Å². The molecule has 0 bridgehead atoms. The van der Waals surface area contributed by atoms with Crippen molar-refractivity contribution in [3.05, 3.63) is 126 Å². The third-order valence-electron chi connectivity index (χ3n) is 7.29. The highest BCUT2D eigenvalue weighted by molar-refractivity contribution is 9.10. The van der Waals surface area contributed by atoms with Crippen molar-refractivity contribution in [2.45, 2.75) is 0 Å². The molecule has 0 fully saturated rings. The van der Waals surface area contributed by atoms with E-state index in [2.05, 4.69) is 130 Å². The lowest BCUT2D eigenvalue weighted by Crippen LogP contribution is -2.04. The first-order chi connectivity index (χ1) is 19.3. The molecule has 0 N–H and O–H groups in total. The Morgan fingerprint density at radius 2 is 1.18 bits per heavy atom. The van der Waals surface area contributed by atoms with E-state index in [4.69, 9.17) is 9.97 Å². The number of hydrogen-bond acceptors (Lipinski definition) is 3. The molecule has 0 unspecified atom stereocenters. The van der Waals surface area contributed by atoms with E-state index in [9.17, 15) is 0 Å². The molecule has 0 aliphatic rings. The van der Waals surface area contributed by atoms with Gasteiger partial charge in [0, 0.05) is 41.8 Å². The smallest absolute Gasteiger partial charge is 0.235 e. The Kier molecular flexibility index (Phi) is 5.15. The lowest BCUT2D eigenvalue weighted by atomic mass is 10.1. The number of aromatic nitrogens is 3. The van der Waals surface area contributed by atoms with Gasteiger partial charge in [-0.15, -0.1) is 11.3 Å². The normalized spacial score (nSPS) is 11.7. The Bertz CT molecular complexity index is 2120.